The minimum atomic E-state index is 0.337. The topological polar surface area (TPSA) is 43.4 Å². The molecule has 1 N–H and O–H groups in total. The summed E-state index contributed by atoms with van der Waals surface area (Å²) in [7, 11) is 0. The van der Waals surface area contributed by atoms with Crippen molar-refractivity contribution in [2.24, 2.45) is 0 Å². The Hall–Kier alpha value is -1.59. The van der Waals surface area contributed by atoms with Gasteiger partial charge < -0.3 is 14.8 Å². The van der Waals surface area contributed by atoms with Gasteiger partial charge in [-0.15, -0.1) is 11.3 Å². The fourth-order valence-corrected chi connectivity index (χ4v) is 2.96. The van der Waals surface area contributed by atoms with Gasteiger partial charge in [-0.25, -0.2) is 4.98 Å². The van der Waals surface area contributed by atoms with Crippen LogP contribution in [0.25, 0.3) is 0 Å². The number of hydrogen-bond donors (Lipinski definition) is 1. The molecular formula is C16H20N2O2S. The lowest BCUT2D eigenvalue weighted by Crippen LogP contribution is -2.26. The molecule has 1 aliphatic heterocycles. The second kappa shape index (κ2) is 6.45. The molecule has 0 amide bonds. The lowest BCUT2D eigenvalue weighted by molar-refractivity contribution is 0.174. The van der Waals surface area contributed by atoms with Crippen LogP contribution < -0.4 is 14.8 Å². The Balaban J connectivity index is 1.46. The monoisotopic (exact) mass is 304 g/mol. The van der Waals surface area contributed by atoms with E-state index in [4.69, 9.17) is 9.47 Å². The van der Waals surface area contributed by atoms with Crippen molar-refractivity contribution in [3.05, 3.63) is 39.8 Å². The maximum atomic E-state index is 5.41. The molecule has 5 heteroatoms. The quantitative estimate of drug-likeness (QED) is 0.889. The number of nitrogens with zero attached hydrogens (tertiary/aromatic N) is 1. The van der Waals surface area contributed by atoms with Crippen molar-refractivity contribution in [2.75, 3.05) is 6.79 Å². The van der Waals surface area contributed by atoms with Crippen LogP contribution in [0.15, 0.2) is 23.6 Å². The number of aromatic nitrogens is 1. The van der Waals surface area contributed by atoms with Gasteiger partial charge in [-0.3, -0.25) is 0 Å². The van der Waals surface area contributed by atoms with Crippen molar-refractivity contribution in [1.82, 2.24) is 10.3 Å². The third kappa shape index (κ3) is 3.74. The Morgan fingerprint density at radius 3 is 3.00 bits per heavy atom. The Kier molecular flexibility index (Phi) is 4.41. The predicted molar refractivity (Wildman–Crippen MR) is 84.0 cm³/mol. The first-order valence-corrected chi connectivity index (χ1v) is 8.11. The zero-order chi connectivity index (χ0) is 14.7. The molecule has 0 fully saturated rings. The molecule has 0 radical (unpaired) electrons. The summed E-state index contributed by atoms with van der Waals surface area (Å²) in [5.74, 6) is 1.72. The van der Waals surface area contributed by atoms with Crippen LogP contribution in [0, 0.1) is 6.92 Å². The molecule has 1 aromatic carbocycles. The van der Waals surface area contributed by atoms with Gasteiger partial charge in [0.1, 0.15) is 0 Å². The highest BCUT2D eigenvalue weighted by Crippen LogP contribution is 2.32. The van der Waals surface area contributed by atoms with Gasteiger partial charge in [0, 0.05) is 18.0 Å². The third-order valence-electron chi connectivity index (χ3n) is 3.60. The number of fused-ring (bicyclic) bond motifs is 1. The first-order chi connectivity index (χ1) is 10.2. The van der Waals surface area contributed by atoms with Crippen molar-refractivity contribution >= 4 is 11.3 Å². The van der Waals surface area contributed by atoms with Crippen LogP contribution in [0.5, 0.6) is 11.5 Å². The van der Waals surface area contributed by atoms with Gasteiger partial charge in [-0.05, 0) is 44.4 Å². The van der Waals surface area contributed by atoms with Crippen LogP contribution in [-0.4, -0.2) is 17.8 Å². The summed E-state index contributed by atoms with van der Waals surface area (Å²) in [5, 5.41) is 6.77. The summed E-state index contributed by atoms with van der Waals surface area (Å²) >= 11 is 1.70. The molecule has 1 aromatic heterocycles. The molecule has 1 aliphatic rings. The first kappa shape index (κ1) is 14.4. The van der Waals surface area contributed by atoms with E-state index in [1.54, 1.807) is 11.3 Å². The van der Waals surface area contributed by atoms with Gasteiger partial charge in [-0.1, -0.05) is 6.07 Å². The lowest BCUT2D eigenvalue weighted by atomic mass is 10.1. The second-order valence-corrected chi connectivity index (χ2v) is 6.43. The Labute approximate surface area is 129 Å². The van der Waals surface area contributed by atoms with E-state index in [1.165, 1.54) is 5.56 Å². The van der Waals surface area contributed by atoms with Crippen molar-refractivity contribution in [2.45, 2.75) is 39.3 Å². The van der Waals surface area contributed by atoms with Gasteiger partial charge in [0.05, 0.1) is 10.7 Å². The minimum absolute atomic E-state index is 0.337. The van der Waals surface area contributed by atoms with E-state index in [0.29, 0.717) is 12.8 Å². The molecule has 0 spiro atoms. The van der Waals surface area contributed by atoms with E-state index in [1.807, 2.05) is 13.0 Å². The number of ether oxygens (including phenoxy) is 2. The summed E-state index contributed by atoms with van der Waals surface area (Å²) in [4.78, 5) is 4.47. The summed E-state index contributed by atoms with van der Waals surface area (Å²) in [6.07, 6.45) is 2.11. The van der Waals surface area contributed by atoms with Crippen molar-refractivity contribution in [1.29, 1.82) is 0 Å². The number of nitrogens with one attached hydrogen (secondary N) is 1. The average Bonchev–Trinajstić information content (AvgIpc) is 3.10. The van der Waals surface area contributed by atoms with Crippen LogP contribution in [-0.2, 0) is 13.0 Å². The normalized spacial score (nSPS) is 14.4. The number of aryl methyl sites for hydroxylation is 2. The van der Waals surface area contributed by atoms with Crippen LogP contribution in [0.1, 0.15) is 29.6 Å². The van der Waals surface area contributed by atoms with E-state index in [9.17, 15) is 0 Å². The minimum Gasteiger partial charge on any atom is -0.454 e. The van der Waals surface area contributed by atoms with Crippen LogP contribution in [0.3, 0.4) is 0 Å². The Bertz CT molecular complexity index is 612. The molecule has 112 valence electrons. The first-order valence-electron chi connectivity index (χ1n) is 7.23. The highest BCUT2D eigenvalue weighted by molar-refractivity contribution is 7.09. The van der Waals surface area contributed by atoms with E-state index >= 15 is 0 Å². The highest BCUT2D eigenvalue weighted by atomic mass is 32.1. The molecular weight excluding hydrogens is 284 g/mol. The molecule has 0 bridgehead atoms. The van der Waals surface area contributed by atoms with Gasteiger partial charge >= 0.3 is 0 Å². The second-order valence-electron chi connectivity index (χ2n) is 5.37. The van der Waals surface area contributed by atoms with Crippen LogP contribution in [0.2, 0.25) is 0 Å². The van der Waals surface area contributed by atoms with E-state index in [2.05, 4.69) is 34.7 Å². The Morgan fingerprint density at radius 2 is 2.19 bits per heavy atom. The summed E-state index contributed by atoms with van der Waals surface area (Å²) in [6, 6.07) is 6.65. The van der Waals surface area contributed by atoms with Gasteiger partial charge in [0.2, 0.25) is 6.79 Å². The zero-order valence-corrected chi connectivity index (χ0v) is 13.2. The fourth-order valence-electron chi connectivity index (χ4n) is 2.35. The number of rotatable bonds is 6. The standard InChI is InChI=1S/C16H20N2O2S/c1-11(17-8-14-9-21-12(2)18-14)3-4-13-5-6-15-16(7-13)20-10-19-15/h5-7,9,11,17H,3-4,8,10H2,1-2H3. The summed E-state index contributed by atoms with van der Waals surface area (Å²) < 4.78 is 10.7. The summed E-state index contributed by atoms with van der Waals surface area (Å²) in [6.45, 7) is 5.43. The molecule has 1 unspecified atom stereocenters. The third-order valence-corrected chi connectivity index (χ3v) is 4.42. The molecule has 2 heterocycles. The fraction of sp³-hybridized carbons (Fsp3) is 0.438. The smallest absolute Gasteiger partial charge is 0.231 e. The maximum Gasteiger partial charge on any atom is 0.231 e. The molecule has 1 atom stereocenters. The van der Waals surface area contributed by atoms with Crippen molar-refractivity contribution in [3.8, 4) is 11.5 Å². The van der Waals surface area contributed by atoms with Crippen molar-refractivity contribution in [3.63, 3.8) is 0 Å². The highest BCUT2D eigenvalue weighted by Gasteiger charge is 2.13. The van der Waals surface area contributed by atoms with Crippen molar-refractivity contribution < 1.29 is 9.47 Å². The van der Waals surface area contributed by atoms with E-state index in [-0.39, 0.29) is 0 Å². The molecule has 2 aromatic rings. The van der Waals surface area contributed by atoms with E-state index in [0.717, 1.165) is 41.6 Å². The van der Waals surface area contributed by atoms with E-state index < -0.39 is 0 Å². The average molecular weight is 304 g/mol. The lowest BCUT2D eigenvalue weighted by Gasteiger charge is -2.13. The summed E-state index contributed by atoms with van der Waals surface area (Å²) in [5.41, 5.74) is 2.42. The number of benzene rings is 1. The predicted octanol–water partition coefficient (Wildman–Crippen LogP) is 3.29. The SMILES string of the molecule is Cc1nc(CNC(C)CCc2ccc3c(c2)OCO3)cs1. The maximum absolute atomic E-state index is 5.41. The molecule has 4 nitrogen and oxygen atoms in total. The molecule has 3 rings (SSSR count). The van der Waals surface area contributed by atoms with Crippen LogP contribution in [0.4, 0.5) is 0 Å². The molecule has 0 aliphatic carbocycles. The molecule has 0 saturated heterocycles. The number of hydrogen-bond acceptors (Lipinski definition) is 5. The molecule has 21 heavy (non-hydrogen) atoms. The van der Waals surface area contributed by atoms with Crippen LogP contribution >= 0.6 is 11.3 Å². The van der Waals surface area contributed by atoms with Gasteiger partial charge in [0.15, 0.2) is 11.5 Å². The largest absolute Gasteiger partial charge is 0.454 e. The van der Waals surface area contributed by atoms with Gasteiger partial charge in [0.25, 0.3) is 0 Å². The zero-order valence-electron chi connectivity index (χ0n) is 12.4. The van der Waals surface area contributed by atoms with Gasteiger partial charge in [-0.2, -0.15) is 0 Å². The Morgan fingerprint density at radius 1 is 1.33 bits per heavy atom. The molecule has 0 saturated carbocycles. The number of thiazole rings is 1.